The largest absolute Gasteiger partial charge is 0.365 e. The standard InChI is InChI=1S/C12H20N4O2S/c1-5-6-12(2,3)8-7(9(13)17)10(19-16-8)15-11(18)14-4/h5-6H2,1-4H3,(H2,13,17)(H2,14,15,18). The lowest BCUT2D eigenvalue weighted by molar-refractivity contribution is 0.0998. The summed E-state index contributed by atoms with van der Waals surface area (Å²) in [4.78, 5) is 23.0. The molecule has 7 heteroatoms. The fourth-order valence-electron chi connectivity index (χ4n) is 1.97. The lowest BCUT2D eigenvalue weighted by Gasteiger charge is -2.22. The van der Waals surface area contributed by atoms with Gasteiger partial charge in [0, 0.05) is 12.5 Å². The van der Waals surface area contributed by atoms with Gasteiger partial charge in [-0.15, -0.1) is 0 Å². The van der Waals surface area contributed by atoms with Crippen molar-refractivity contribution in [2.45, 2.75) is 39.0 Å². The Morgan fingerprint density at radius 1 is 1.42 bits per heavy atom. The van der Waals surface area contributed by atoms with Gasteiger partial charge < -0.3 is 11.1 Å². The van der Waals surface area contributed by atoms with Gasteiger partial charge in [-0.2, -0.15) is 4.37 Å². The van der Waals surface area contributed by atoms with E-state index in [1.807, 2.05) is 13.8 Å². The third kappa shape index (κ3) is 3.44. The van der Waals surface area contributed by atoms with Gasteiger partial charge >= 0.3 is 6.03 Å². The highest BCUT2D eigenvalue weighted by Crippen LogP contribution is 2.35. The van der Waals surface area contributed by atoms with Crippen LogP contribution in [-0.4, -0.2) is 23.4 Å². The highest BCUT2D eigenvalue weighted by Gasteiger charge is 2.30. The molecule has 0 fully saturated rings. The Kier molecular flexibility index (Phi) is 4.88. The summed E-state index contributed by atoms with van der Waals surface area (Å²) in [6.07, 6.45) is 1.86. The molecule has 0 bridgehead atoms. The average molecular weight is 284 g/mol. The van der Waals surface area contributed by atoms with Crippen molar-refractivity contribution in [3.05, 3.63) is 11.3 Å². The molecule has 106 valence electrons. The van der Waals surface area contributed by atoms with E-state index in [1.165, 1.54) is 7.05 Å². The Labute approximate surface area is 116 Å². The summed E-state index contributed by atoms with van der Waals surface area (Å²) in [5, 5.41) is 5.41. The summed E-state index contributed by atoms with van der Waals surface area (Å²) in [6.45, 7) is 6.10. The van der Waals surface area contributed by atoms with Gasteiger partial charge in [-0.1, -0.05) is 27.2 Å². The summed E-state index contributed by atoms with van der Waals surface area (Å²) >= 11 is 1.08. The van der Waals surface area contributed by atoms with Crippen LogP contribution in [0.3, 0.4) is 0 Å². The molecular formula is C12H20N4O2S. The lowest BCUT2D eigenvalue weighted by atomic mass is 9.82. The third-order valence-corrected chi connectivity index (χ3v) is 3.67. The van der Waals surface area contributed by atoms with E-state index in [-0.39, 0.29) is 5.41 Å². The minimum Gasteiger partial charge on any atom is -0.365 e. The molecule has 0 radical (unpaired) electrons. The highest BCUT2D eigenvalue weighted by molar-refractivity contribution is 7.11. The third-order valence-electron chi connectivity index (χ3n) is 2.91. The van der Waals surface area contributed by atoms with E-state index in [9.17, 15) is 9.59 Å². The first-order valence-corrected chi connectivity index (χ1v) is 6.89. The number of nitrogens with zero attached hydrogens (tertiary/aromatic N) is 1. The predicted octanol–water partition coefficient (Wildman–Crippen LogP) is 2.07. The zero-order valence-corrected chi connectivity index (χ0v) is 12.5. The van der Waals surface area contributed by atoms with Gasteiger partial charge in [-0.3, -0.25) is 10.1 Å². The maximum atomic E-state index is 11.6. The molecule has 0 spiro atoms. The van der Waals surface area contributed by atoms with Gasteiger partial charge in [0.1, 0.15) is 5.00 Å². The van der Waals surface area contributed by atoms with Crippen LogP contribution in [0.15, 0.2) is 0 Å². The molecule has 0 aliphatic carbocycles. The molecule has 0 aliphatic heterocycles. The number of carbonyl (C=O) groups is 2. The van der Waals surface area contributed by atoms with Crippen LogP contribution in [0.25, 0.3) is 0 Å². The second kappa shape index (κ2) is 6.01. The van der Waals surface area contributed by atoms with E-state index >= 15 is 0 Å². The maximum Gasteiger partial charge on any atom is 0.319 e. The van der Waals surface area contributed by atoms with Crippen molar-refractivity contribution in [2.24, 2.45) is 5.73 Å². The number of hydrogen-bond donors (Lipinski definition) is 3. The molecule has 4 N–H and O–H groups in total. The molecule has 0 saturated carbocycles. The monoisotopic (exact) mass is 284 g/mol. The quantitative estimate of drug-likeness (QED) is 0.772. The van der Waals surface area contributed by atoms with Crippen LogP contribution in [-0.2, 0) is 5.41 Å². The van der Waals surface area contributed by atoms with Crippen molar-refractivity contribution in [1.82, 2.24) is 9.69 Å². The SMILES string of the molecule is CCCC(C)(C)c1nsc(NC(=O)NC)c1C(N)=O. The zero-order valence-electron chi connectivity index (χ0n) is 11.7. The number of aromatic nitrogens is 1. The van der Waals surface area contributed by atoms with Gasteiger partial charge in [-0.25, -0.2) is 4.79 Å². The molecule has 0 unspecified atom stereocenters. The number of nitrogens with one attached hydrogen (secondary N) is 2. The highest BCUT2D eigenvalue weighted by atomic mass is 32.1. The van der Waals surface area contributed by atoms with Crippen LogP contribution in [0, 0.1) is 0 Å². The molecule has 0 aliphatic rings. The average Bonchev–Trinajstić information content (AvgIpc) is 2.73. The van der Waals surface area contributed by atoms with Crippen molar-refractivity contribution < 1.29 is 9.59 Å². The molecule has 3 amide bonds. The minimum atomic E-state index is -0.570. The molecule has 1 aromatic rings. The van der Waals surface area contributed by atoms with Crippen LogP contribution in [0.1, 0.15) is 49.7 Å². The molecule has 0 saturated heterocycles. The van der Waals surface area contributed by atoms with Crippen molar-refractivity contribution in [3.8, 4) is 0 Å². The summed E-state index contributed by atoms with van der Waals surface area (Å²) in [7, 11) is 1.50. The first-order valence-electron chi connectivity index (χ1n) is 6.12. The number of carbonyl (C=O) groups excluding carboxylic acids is 2. The number of anilines is 1. The first kappa shape index (κ1) is 15.4. The normalized spacial score (nSPS) is 11.2. The Bertz CT molecular complexity index is 482. The van der Waals surface area contributed by atoms with Gasteiger partial charge in [0.15, 0.2) is 0 Å². The van der Waals surface area contributed by atoms with Crippen molar-refractivity contribution in [2.75, 3.05) is 12.4 Å². The van der Waals surface area contributed by atoms with E-state index in [1.54, 1.807) is 0 Å². The Morgan fingerprint density at radius 3 is 2.53 bits per heavy atom. The van der Waals surface area contributed by atoms with Crippen LogP contribution < -0.4 is 16.4 Å². The lowest BCUT2D eigenvalue weighted by Crippen LogP contribution is -2.27. The van der Waals surface area contributed by atoms with Gasteiger partial charge in [0.05, 0.1) is 11.3 Å². The molecule has 19 heavy (non-hydrogen) atoms. The van der Waals surface area contributed by atoms with Crippen molar-refractivity contribution in [1.29, 1.82) is 0 Å². The van der Waals surface area contributed by atoms with Crippen LogP contribution in [0.2, 0.25) is 0 Å². The molecular weight excluding hydrogens is 264 g/mol. The van der Waals surface area contributed by atoms with Crippen molar-refractivity contribution in [3.63, 3.8) is 0 Å². The van der Waals surface area contributed by atoms with E-state index in [0.717, 1.165) is 24.4 Å². The summed E-state index contributed by atoms with van der Waals surface area (Å²) in [5.41, 5.74) is 6.14. The Morgan fingerprint density at radius 2 is 2.05 bits per heavy atom. The molecule has 6 nitrogen and oxygen atoms in total. The second-order valence-electron chi connectivity index (χ2n) is 4.94. The van der Waals surface area contributed by atoms with Crippen LogP contribution in [0.4, 0.5) is 9.80 Å². The topological polar surface area (TPSA) is 97.1 Å². The smallest absolute Gasteiger partial charge is 0.319 e. The van der Waals surface area contributed by atoms with Crippen molar-refractivity contribution >= 4 is 28.5 Å². The molecule has 0 atom stereocenters. The Balaban J connectivity index is 3.21. The number of hydrogen-bond acceptors (Lipinski definition) is 4. The number of rotatable bonds is 5. The van der Waals surface area contributed by atoms with Gasteiger partial charge in [-0.05, 0) is 18.0 Å². The predicted molar refractivity (Wildman–Crippen MR) is 76.6 cm³/mol. The minimum absolute atomic E-state index is 0.252. The second-order valence-corrected chi connectivity index (χ2v) is 5.71. The number of amides is 3. The van der Waals surface area contributed by atoms with Gasteiger partial charge in [0.2, 0.25) is 0 Å². The first-order chi connectivity index (χ1) is 8.83. The van der Waals surface area contributed by atoms with E-state index in [2.05, 4.69) is 21.9 Å². The number of primary amides is 1. The molecule has 1 rings (SSSR count). The Hall–Kier alpha value is -1.63. The number of nitrogens with two attached hydrogens (primary N) is 1. The van der Waals surface area contributed by atoms with E-state index in [0.29, 0.717) is 16.3 Å². The number of urea groups is 1. The molecule has 1 aromatic heterocycles. The molecule has 1 heterocycles. The van der Waals surface area contributed by atoms with Gasteiger partial charge in [0.25, 0.3) is 5.91 Å². The summed E-state index contributed by atoms with van der Waals surface area (Å²) in [6, 6.07) is -0.397. The fourth-order valence-corrected chi connectivity index (χ4v) is 2.92. The van der Waals surface area contributed by atoms with Crippen LogP contribution >= 0.6 is 11.5 Å². The van der Waals surface area contributed by atoms with E-state index < -0.39 is 11.9 Å². The maximum absolute atomic E-state index is 11.6. The van der Waals surface area contributed by atoms with E-state index in [4.69, 9.17) is 5.73 Å². The summed E-state index contributed by atoms with van der Waals surface area (Å²) in [5.74, 6) is -0.570. The fraction of sp³-hybridized carbons (Fsp3) is 0.583. The zero-order chi connectivity index (χ0) is 14.6. The summed E-state index contributed by atoms with van der Waals surface area (Å²) < 4.78 is 4.31. The van der Waals surface area contributed by atoms with Crippen LogP contribution in [0.5, 0.6) is 0 Å². The molecule has 0 aromatic carbocycles.